The van der Waals surface area contributed by atoms with Gasteiger partial charge in [-0.2, -0.15) is 0 Å². The monoisotopic (exact) mass is 460 g/mol. The lowest BCUT2D eigenvalue weighted by Crippen LogP contribution is -2.06. The number of carboxylic acids is 1. The molecule has 0 aliphatic heterocycles. The molecule has 0 unspecified atom stereocenters. The number of hydrogen-bond acceptors (Lipinski definition) is 7. The van der Waals surface area contributed by atoms with Crippen molar-refractivity contribution in [2.45, 2.75) is 33.0 Å². The van der Waals surface area contributed by atoms with Crippen LogP contribution in [0.4, 0.5) is 0 Å². The van der Waals surface area contributed by atoms with Gasteiger partial charge in [0.05, 0.1) is 18.4 Å². The molecule has 2 aromatic carbocycles. The van der Waals surface area contributed by atoms with Gasteiger partial charge in [-0.25, -0.2) is 4.98 Å². The molecule has 0 saturated heterocycles. The van der Waals surface area contributed by atoms with Crippen LogP contribution in [0, 0.1) is 6.92 Å². The normalized spacial score (nSPS) is 11.4. The number of carbonyl (C=O) groups is 1. The van der Waals surface area contributed by atoms with Crippen LogP contribution in [0.5, 0.6) is 5.75 Å². The van der Waals surface area contributed by atoms with E-state index in [-0.39, 0.29) is 26.1 Å². The van der Waals surface area contributed by atoms with Gasteiger partial charge >= 0.3 is 5.97 Å². The fourth-order valence-corrected chi connectivity index (χ4v) is 3.18. The molecule has 0 bridgehead atoms. The fraction of sp³-hybridized carbons (Fsp3) is 0.192. The summed E-state index contributed by atoms with van der Waals surface area (Å²) in [7, 11) is 0. The topological polar surface area (TPSA) is 107 Å². The molecule has 174 valence electrons. The summed E-state index contributed by atoms with van der Waals surface area (Å²) in [5.41, 5.74) is 3.04. The zero-order valence-corrected chi connectivity index (χ0v) is 18.6. The highest BCUT2D eigenvalue weighted by molar-refractivity contribution is 6.01. The van der Waals surface area contributed by atoms with Crippen molar-refractivity contribution in [1.29, 1.82) is 0 Å². The highest BCUT2D eigenvalue weighted by Crippen LogP contribution is 2.23. The highest BCUT2D eigenvalue weighted by Gasteiger charge is 2.14. The van der Waals surface area contributed by atoms with Gasteiger partial charge < -0.3 is 23.5 Å². The Morgan fingerprint density at radius 2 is 1.79 bits per heavy atom. The summed E-state index contributed by atoms with van der Waals surface area (Å²) in [6.07, 6.45) is 1.84. The first-order valence-electron chi connectivity index (χ1n) is 10.8. The van der Waals surface area contributed by atoms with Gasteiger partial charge in [0.1, 0.15) is 30.4 Å². The molecule has 0 fully saturated rings. The average molecular weight is 460 g/mol. The molecule has 0 aliphatic rings. The minimum absolute atomic E-state index is 0.0167. The van der Waals surface area contributed by atoms with Gasteiger partial charge in [-0.3, -0.25) is 4.79 Å². The molecule has 2 heterocycles. The van der Waals surface area contributed by atoms with E-state index >= 15 is 0 Å². The molecule has 4 aromatic rings. The molecule has 0 saturated carbocycles. The van der Waals surface area contributed by atoms with Crippen LogP contribution in [0.3, 0.4) is 0 Å². The first kappa shape index (κ1) is 22.8. The number of benzene rings is 2. The average Bonchev–Trinajstić information content (AvgIpc) is 3.51. The summed E-state index contributed by atoms with van der Waals surface area (Å²) >= 11 is 0. The fourth-order valence-electron chi connectivity index (χ4n) is 3.18. The van der Waals surface area contributed by atoms with Crippen molar-refractivity contribution in [3.8, 4) is 17.4 Å². The highest BCUT2D eigenvalue weighted by atomic mass is 16.6. The second kappa shape index (κ2) is 11.0. The van der Waals surface area contributed by atoms with Crippen LogP contribution < -0.4 is 4.74 Å². The van der Waals surface area contributed by atoms with Crippen LogP contribution in [-0.2, 0) is 22.8 Å². The van der Waals surface area contributed by atoms with E-state index in [1.54, 1.807) is 18.4 Å². The predicted molar refractivity (Wildman–Crippen MR) is 124 cm³/mol. The van der Waals surface area contributed by atoms with Crippen LogP contribution in [0.15, 0.2) is 87.0 Å². The van der Waals surface area contributed by atoms with Crippen molar-refractivity contribution in [3.63, 3.8) is 0 Å². The minimum Gasteiger partial charge on any atom is -0.487 e. The van der Waals surface area contributed by atoms with Crippen molar-refractivity contribution in [3.05, 3.63) is 95.6 Å². The van der Waals surface area contributed by atoms with E-state index in [1.165, 1.54) is 0 Å². The molecule has 34 heavy (non-hydrogen) atoms. The Bertz CT molecular complexity index is 1230. The summed E-state index contributed by atoms with van der Waals surface area (Å²) in [6.45, 7) is 2.35. The molecule has 1 N–H and O–H groups in total. The molecule has 8 heteroatoms. The van der Waals surface area contributed by atoms with Gasteiger partial charge in [0.15, 0.2) is 5.76 Å². The largest absolute Gasteiger partial charge is 0.487 e. The van der Waals surface area contributed by atoms with E-state index in [2.05, 4.69) is 10.1 Å². The van der Waals surface area contributed by atoms with Gasteiger partial charge in [-0.15, -0.1) is 0 Å². The van der Waals surface area contributed by atoms with E-state index in [9.17, 15) is 4.79 Å². The third kappa shape index (κ3) is 6.13. The van der Waals surface area contributed by atoms with Crippen LogP contribution in [0.1, 0.15) is 35.4 Å². The lowest BCUT2D eigenvalue weighted by Gasteiger charge is -2.08. The molecule has 2 aromatic heterocycles. The molecule has 0 aliphatic carbocycles. The van der Waals surface area contributed by atoms with E-state index in [4.69, 9.17) is 23.5 Å². The van der Waals surface area contributed by atoms with E-state index in [0.29, 0.717) is 34.6 Å². The van der Waals surface area contributed by atoms with Crippen molar-refractivity contribution in [1.82, 2.24) is 4.98 Å². The molecular weight excluding hydrogens is 436 g/mol. The third-order valence-corrected chi connectivity index (χ3v) is 5.01. The molecule has 4 rings (SSSR count). The zero-order chi connectivity index (χ0) is 23.8. The SMILES string of the molecule is Cc1oc(-c2ccco2)nc1COc1ccc(CON=C(CCC(=O)O)c2ccccc2)cc1. The standard InChI is InChI=1S/C26H24N2O6/c1-18-23(27-26(34-18)24-8-5-15-31-24)17-32-21-11-9-19(10-12-21)16-33-28-22(13-14-25(29)30)20-6-3-2-4-7-20/h2-12,15H,13-14,16-17H2,1H3,(H,29,30). The van der Waals surface area contributed by atoms with Gasteiger partial charge in [0.25, 0.3) is 5.89 Å². The lowest BCUT2D eigenvalue weighted by atomic mass is 10.1. The van der Waals surface area contributed by atoms with Gasteiger partial charge in [-0.05, 0) is 42.3 Å². The Morgan fingerprint density at radius 3 is 2.50 bits per heavy atom. The maximum absolute atomic E-state index is 11.0. The number of aryl methyl sites for hydroxylation is 1. The van der Waals surface area contributed by atoms with E-state index in [0.717, 1.165) is 11.1 Å². The van der Waals surface area contributed by atoms with Gasteiger partial charge in [0, 0.05) is 6.42 Å². The van der Waals surface area contributed by atoms with Crippen molar-refractivity contribution < 1.29 is 28.3 Å². The first-order chi connectivity index (χ1) is 16.6. The summed E-state index contributed by atoms with van der Waals surface area (Å²) in [4.78, 5) is 20.9. The van der Waals surface area contributed by atoms with Gasteiger partial charge in [-0.1, -0.05) is 47.6 Å². The smallest absolute Gasteiger partial charge is 0.303 e. The minimum atomic E-state index is -0.878. The molecule has 0 amide bonds. The van der Waals surface area contributed by atoms with Gasteiger partial charge in [0.2, 0.25) is 0 Å². The number of aliphatic carboxylic acids is 1. The molecule has 8 nitrogen and oxygen atoms in total. The summed E-state index contributed by atoms with van der Waals surface area (Å²) < 4.78 is 16.8. The number of furan rings is 1. The third-order valence-electron chi connectivity index (χ3n) is 5.01. The molecular formula is C26H24N2O6. The maximum Gasteiger partial charge on any atom is 0.303 e. The Labute approximate surface area is 196 Å². The molecule has 0 radical (unpaired) electrons. The van der Waals surface area contributed by atoms with E-state index < -0.39 is 5.97 Å². The number of oxime groups is 1. The van der Waals surface area contributed by atoms with Crippen LogP contribution in [-0.4, -0.2) is 21.8 Å². The van der Waals surface area contributed by atoms with Crippen LogP contribution in [0.25, 0.3) is 11.7 Å². The summed E-state index contributed by atoms with van der Waals surface area (Å²) in [6, 6.07) is 20.4. The number of carboxylic acid groups (broad SMARTS) is 1. The Balaban J connectivity index is 1.32. The Morgan fingerprint density at radius 1 is 1.00 bits per heavy atom. The number of hydrogen-bond donors (Lipinski definition) is 1. The second-order valence-electron chi connectivity index (χ2n) is 7.50. The Hall–Kier alpha value is -4.33. The predicted octanol–water partition coefficient (Wildman–Crippen LogP) is 5.61. The zero-order valence-electron chi connectivity index (χ0n) is 18.6. The second-order valence-corrected chi connectivity index (χ2v) is 7.50. The molecule has 0 atom stereocenters. The van der Waals surface area contributed by atoms with Crippen LogP contribution in [0.2, 0.25) is 0 Å². The number of oxazole rings is 1. The Kier molecular flexibility index (Phi) is 7.39. The van der Waals surface area contributed by atoms with Crippen molar-refractivity contribution >= 4 is 11.7 Å². The molecule has 0 spiro atoms. The summed E-state index contributed by atoms with van der Waals surface area (Å²) in [5, 5.41) is 13.2. The van der Waals surface area contributed by atoms with Crippen molar-refractivity contribution in [2.75, 3.05) is 0 Å². The van der Waals surface area contributed by atoms with E-state index in [1.807, 2.05) is 61.5 Å². The maximum atomic E-state index is 11.0. The number of nitrogens with zero attached hydrogens (tertiary/aromatic N) is 2. The number of ether oxygens (including phenoxy) is 1. The summed E-state index contributed by atoms with van der Waals surface area (Å²) in [5.74, 6) is 1.47. The number of rotatable bonds is 11. The first-order valence-corrected chi connectivity index (χ1v) is 10.8. The van der Waals surface area contributed by atoms with Crippen molar-refractivity contribution in [2.24, 2.45) is 5.16 Å². The lowest BCUT2D eigenvalue weighted by molar-refractivity contribution is -0.136. The quantitative estimate of drug-likeness (QED) is 0.229. The number of aromatic nitrogens is 1. The van der Waals surface area contributed by atoms with Crippen LogP contribution >= 0.6 is 0 Å².